The molecule has 2 aromatic heterocycles. The molecule has 0 bridgehead atoms. The number of pyridine rings is 1. The lowest BCUT2D eigenvalue weighted by atomic mass is 10.1. The molecule has 0 amide bonds. The topological polar surface area (TPSA) is 26.0 Å². The third-order valence-corrected chi connectivity index (χ3v) is 2.33. The molecule has 0 aliphatic rings. The molecule has 2 heterocycles. The molecule has 0 atom stereocenters. The molecule has 0 aliphatic heterocycles. The molecule has 2 heteroatoms. The van der Waals surface area contributed by atoms with Crippen LogP contribution in [-0.4, -0.2) is 4.98 Å². The summed E-state index contributed by atoms with van der Waals surface area (Å²) in [4.78, 5) is 4.29. The number of fused-ring (bicyclic) bond motifs is 1. The molecule has 15 heavy (non-hydrogen) atoms. The Morgan fingerprint density at radius 2 is 2.20 bits per heavy atom. The van der Waals surface area contributed by atoms with Gasteiger partial charge < -0.3 is 4.42 Å². The molecular formula is C13H8NO. The van der Waals surface area contributed by atoms with Crippen molar-refractivity contribution in [3.05, 3.63) is 54.9 Å². The van der Waals surface area contributed by atoms with Crippen LogP contribution in [0.5, 0.6) is 0 Å². The first-order valence-electron chi connectivity index (χ1n) is 4.74. The number of hydrogen-bond acceptors (Lipinski definition) is 2. The van der Waals surface area contributed by atoms with Gasteiger partial charge in [-0.2, -0.15) is 0 Å². The van der Waals surface area contributed by atoms with Crippen molar-refractivity contribution in [1.29, 1.82) is 0 Å². The van der Waals surface area contributed by atoms with Crippen molar-refractivity contribution < 1.29 is 4.42 Å². The van der Waals surface area contributed by atoms with Gasteiger partial charge in [-0.1, -0.05) is 6.07 Å². The summed E-state index contributed by atoms with van der Waals surface area (Å²) in [6.07, 6.45) is 3.46. The normalized spacial score (nSPS) is 10.7. The predicted molar refractivity (Wildman–Crippen MR) is 58.3 cm³/mol. The SMILES string of the molecule is [c]1cc(-c2ccccn2)cc2ccoc12. The van der Waals surface area contributed by atoms with E-state index < -0.39 is 0 Å². The molecule has 1 radical (unpaired) electrons. The Balaban J connectivity index is 2.19. The highest BCUT2D eigenvalue weighted by Crippen LogP contribution is 2.22. The third-order valence-electron chi connectivity index (χ3n) is 2.33. The average molecular weight is 194 g/mol. The van der Waals surface area contributed by atoms with E-state index in [0.29, 0.717) is 0 Å². The summed E-state index contributed by atoms with van der Waals surface area (Å²) in [6.45, 7) is 0. The highest BCUT2D eigenvalue weighted by atomic mass is 16.3. The molecule has 71 valence electrons. The standard InChI is InChI=1S/C13H8NO/c1-2-7-14-12(3-1)10-4-5-13-11(9-10)6-8-15-13/h1-4,6-9H. The summed E-state index contributed by atoms with van der Waals surface area (Å²) in [5.41, 5.74) is 2.80. The molecule has 1 aromatic carbocycles. The molecule has 0 fully saturated rings. The van der Waals surface area contributed by atoms with Crippen LogP contribution >= 0.6 is 0 Å². The van der Waals surface area contributed by atoms with Crippen molar-refractivity contribution in [3.8, 4) is 11.3 Å². The fourth-order valence-electron chi connectivity index (χ4n) is 1.58. The first-order valence-corrected chi connectivity index (χ1v) is 4.74. The van der Waals surface area contributed by atoms with Gasteiger partial charge in [0.05, 0.1) is 12.0 Å². The minimum absolute atomic E-state index is 0.787. The van der Waals surface area contributed by atoms with Gasteiger partial charge in [-0.3, -0.25) is 4.98 Å². The Bertz CT molecular complexity index is 584. The van der Waals surface area contributed by atoms with E-state index in [2.05, 4.69) is 17.1 Å². The van der Waals surface area contributed by atoms with E-state index in [1.54, 1.807) is 12.5 Å². The van der Waals surface area contributed by atoms with Gasteiger partial charge in [0, 0.05) is 23.2 Å². The minimum atomic E-state index is 0.787. The van der Waals surface area contributed by atoms with E-state index in [9.17, 15) is 0 Å². The molecule has 0 saturated heterocycles. The van der Waals surface area contributed by atoms with E-state index in [1.807, 2.05) is 30.3 Å². The highest BCUT2D eigenvalue weighted by molar-refractivity contribution is 5.82. The quantitative estimate of drug-likeness (QED) is 0.594. The van der Waals surface area contributed by atoms with Crippen LogP contribution < -0.4 is 0 Å². The van der Waals surface area contributed by atoms with Crippen LogP contribution in [0.2, 0.25) is 0 Å². The van der Waals surface area contributed by atoms with Gasteiger partial charge in [-0.15, -0.1) is 0 Å². The summed E-state index contributed by atoms with van der Waals surface area (Å²) >= 11 is 0. The number of furan rings is 1. The number of hydrogen-bond donors (Lipinski definition) is 0. The maximum absolute atomic E-state index is 5.23. The van der Waals surface area contributed by atoms with Crippen LogP contribution in [0.15, 0.2) is 53.3 Å². The second-order valence-electron chi connectivity index (χ2n) is 3.31. The first-order chi connectivity index (χ1) is 7.43. The maximum atomic E-state index is 5.23. The summed E-state index contributed by atoms with van der Waals surface area (Å²) in [6, 6.07) is 14.8. The lowest BCUT2D eigenvalue weighted by Crippen LogP contribution is -1.80. The van der Waals surface area contributed by atoms with Crippen molar-refractivity contribution >= 4 is 11.0 Å². The fourth-order valence-corrected chi connectivity index (χ4v) is 1.58. The molecule has 0 aliphatic carbocycles. The molecule has 0 spiro atoms. The molecule has 0 unspecified atom stereocenters. The summed E-state index contributed by atoms with van der Waals surface area (Å²) < 4.78 is 5.23. The smallest absolute Gasteiger partial charge is 0.141 e. The van der Waals surface area contributed by atoms with Crippen molar-refractivity contribution in [3.63, 3.8) is 0 Å². The van der Waals surface area contributed by atoms with E-state index in [-0.39, 0.29) is 0 Å². The predicted octanol–water partition coefficient (Wildman–Crippen LogP) is 3.29. The van der Waals surface area contributed by atoms with Crippen LogP contribution in [0, 0.1) is 6.07 Å². The second-order valence-corrected chi connectivity index (χ2v) is 3.31. The first kappa shape index (κ1) is 8.24. The second kappa shape index (κ2) is 3.24. The Kier molecular flexibility index (Phi) is 1.78. The Morgan fingerprint density at radius 1 is 1.20 bits per heavy atom. The summed E-state index contributed by atoms with van der Waals surface area (Å²) in [5, 5.41) is 1.05. The van der Waals surface area contributed by atoms with Crippen LogP contribution in [0.3, 0.4) is 0 Å². The lowest BCUT2D eigenvalue weighted by molar-refractivity contribution is 0.615. The molecule has 2 nitrogen and oxygen atoms in total. The number of aromatic nitrogens is 1. The van der Waals surface area contributed by atoms with Crippen LogP contribution in [0.1, 0.15) is 0 Å². The van der Waals surface area contributed by atoms with Crippen molar-refractivity contribution in [1.82, 2.24) is 4.98 Å². The molecule has 3 rings (SSSR count). The highest BCUT2D eigenvalue weighted by Gasteiger charge is 2.01. The zero-order valence-electron chi connectivity index (χ0n) is 7.97. The van der Waals surface area contributed by atoms with E-state index in [0.717, 1.165) is 22.2 Å². The molecule has 0 N–H and O–H groups in total. The van der Waals surface area contributed by atoms with E-state index >= 15 is 0 Å². The van der Waals surface area contributed by atoms with Gasteiger partial charge in [0.25, 0.3) is 0 Å². The number of nitrogens with zero attached hydrogens (tertiary/aromatic N) is 1. The summed E-state index contributed by atoms with van der Waals surface area (Å²) in [7, 11) is 0. The summed E-state index contributed by atoms with van der Waals surface area (Å²) in [5.74, 6) is 0. The Labute approximate surface area is 87.2 Å². The zero-order chi connectivity index (χ0) is 10.1. The van der Waals surface area contributed by atoms with E-state index in [1.165, 1.54) is 0 Å². The average Bonchev–Trinajstić information content (AvgIpc) is 2.77. The monoisotopic (exact) mass is 194 g/mol. The van der Waals surface area contributed by atoms with Gasteiger partial charge in [-0.05, 0) is 30.3 Å². The molecular weight excluding hydrogens is 186 g/mol. The largest absolute Gasteiger partial charge is 0.464 e. The van der Waals surface area contributed by atoms with Gasteiger partial charge >= 0.3 is 0 Å². The van der Waals surface area contributed by atoms with Crippen molar-refractivity contribution in [2.75, 3.05) is 0 Å². The van der Waals surface area contributed by atoms with Gasteiger partial charge in [0.1, 0.15) is 5.58 Å². The fraction of sp³-hybridized carbons (Fsp3) is 0. The van der Waals surface area contributed by atoms with Gasteiger partial charge in [0.2, 0.25) is 0 Å². The molecule has 0 saturated carbocycles. The maximum Gasteiger partial charge on any atom is 0.141 e. The van der Waals surface area contributed by atoms with Crippen LogP contribution in [-0.2, 0) is 0 Å². The van der Waals surface area contributed by atoms with Crippen molar-refractivity contribution in [2.24, 2.45) is 0 Å². The third kappa shape index (κ3) is 1.40. The Morgan fingerprint density at radius 3 is 3.07 bits per heavy atom. The van der Waals surface area contributed by atoms with Crippen LogP contribution in [0.25, 0.3) is 22.2 Å². The minimum Gasteiger partial charge on any atom is -0.464 e. The van der Waals surface area contributed by atoms with Gasteiger partial charge in [0.15, 0.2) is 0 Å². The number of benzene rings is 1. The number of rotatable bonds is 1. The zero-order valence-corrected chi connectivity index (χ0v) is 7.97. The van der Waals surface area contributed by atoms with Gasteiger partial charge in [-0.25, -0.2) is 0 Å². The van der Waals surface area contributed by atoms with Crippen molar-refractivity contribution in [2.45, 2.75) is 0 Å². The Hall–Kier alpha value is -2.09. The molecule has 3 aromatic rings. The van der Waals surface area contributed by atoms with Crippen LogP contribution in [0.4, 0.5) is 0 Å². The lowest BCUT2D eigenvalue weighted by Gasteiger charge is -1.98. The van der Waals surface area contributed by atoms with E-state index in [4.69, 9.17) is 4.42 Å².